The van der Waals surface area contributed by atoms with E-state index in [4.69, 9.17) is 16.3 Å². The van der Waals surface area contributed by atoms with E-state index in [9.17, 15) is 14.4 Å². The Hall–Kier alpha value is -4.17. The van der Waals surface area contributed by atoms with Crippen LogP contribution in [-0.2, 0) is 14.4 Å². The van der Waals surface area contributed by atoms with Gasteiger partial charge in [-0.1, -0.05) is 35.9 Å². The van der Waals surface area contributed by atoms with Gasteiger partial charge in [-0.05, 0) is 79.4 Å². The molecular weight excluding hydrogens is 468 g/mol. The summed E-state index contributed by atoms with van der Waals surface area (Å²) in [7, 11) is 0. The van der Waals surface area contributed by atoms with Crippen molar-refractivity contribution in [2.24, 2.45) is 5.10 Å². The lowest BCUT2D eigenvalue weighted by atomic mass is 10.1. The van der Waals surface area contributed by atoms with Gasteiger partial charge in [-0.25, -0.2) is 5.43 Å². The molecule has 0 aliphatic carbocycles. The maximum absolute atomic E-state index is 12.1. The fourth-order valence-electron chi connectivity index (χ4n) is 3.06. The van der Waals surface area contributed by atoms with Crippen LogP contribution in [0.1, 0.15) is 22.3 Å². The van der Waals surface area contributed by atoms with Gasteiger partial charge in [-0.15, -0.1) is 0 Å². The Kier molecular flexibility index (Phi) is 8.58. The van der Waals surface area contributed by atoms with Crippen molar-refractivity contribution in [3.8, 4) is 5.75 Å². The maximum Gasteiger partial charge on any atom is 0.329 e. The highest BCUT2D eigenvalue weighted by molar-refractivity contribution is 6.39. The Morgan fingerprint density at radius 1 is 0.886 bits per heavy atom. The largest absolute Gasteiger partial charge is 0.484 e. The predicted molar refractivity (Wildman–Crippen MR) is 137 cm³/mol. The third-order valence-corrected chi connectivity index (χ3v) is 5.42. The molecule has 0 saturated carbocycles. The number of benzene rings is 3. The standard InChI is InChI=1S/C26H25ClN4O4/c1-16-7-10-20(13-22(16)27)29-23(32)15-35-21-11-8-19(9-12-21)14-28-31-26(34)25(33)30-24-17(2)5-4-6-18(24)3/h4-14H,15H2,1-3H3,(H,29,32)(H,30,33)(H,31,34)/b28-14-. The fraction of sp³-hybridized carbons (Fsp3) is 0.154. The maximum atomic E-state index is 12.1. The number of halogens is 1. The molecule has 3 rings (SSSR count). The van der Waals surface area contributed by atoms with Gasteiger partial charge in [0.25, 0.3) is 5.91 Å². The van der Waals surface area contributed by atoms with Gasteiger partial charge in [0.15, 0.2) is 6.61 Å². The molecule has 0 saturated heterocycles. The summed E-state index contributed by atoms with van der Waals surface area (Å²) in [6.07, 6.45) is 1.39. The molecule has 35 heavy (non-hydrogen) atoms. The summed E-state index contributed by atoms with van der Waals surface area (Å²) >= 11 is 6.06. The van der Waals surface area contributed by atoms with Crippen LogP contribution in [0.3, 0.4) is 0 Å². The van der Waals surface area contributed by atoms with Crippen LogP contribution in [0.25, 0.3) is 0 Å². The first kappa shape index (κ1) is 25.5. The Morgan fingerprint density at radius 3 is 2.23 bits per heavy atom. The molecule has 8 nitrogen and oxygen atoms in total. The van der Waals surface area contributed by atoms with Gasteiger partial charge in [-0.3, -0.25) is 14.4 Å². The van der Waals surface area contributed by atoms with Crippen molar-refractivity contribution in [3.63, 3.8) is 0 Å². The topological polar surface area (TPSA) is 109 Å². The van der Waals surface area contributed by atoms with Gasteiger partial charge in [0, 0.05) is 16.4 Å². The van der Waals surface area contributed by atoms with Crippen molar-refractivity contribution < 1.29 is 19.1 Å². The molecule has 0 heterocycles. The highest BCUT2D eigenvalue weighted by Crippen LogP contribution is 2.20. The van der Waals surface area contributed by atoms with Crippen LogP contribution in [0.2, 0.25) is 5.02 Å². The van der Waals surface area contributed by atoms with Gasteiger partial charge < -0.3 is 15.4 Å². The van der Waals surface area contributed by atoms with E-state index in [1.165, 1.54) is 6.21 Å². The first-order valence-corrected chi connectivity index (χ1v) is 11.1. The third kappa shape index (κ3) is 7.41. The summed E-state index contributed by atoms with van der Waals surface area (Å²) in [5.74, 6) is -1.53. The predicted octanol–water partition coefficient (Wildman–Crippen LogP) is 4.37. The van der Waals surface area contributed by atoms with Crippen LogP contribution in [0.4, 0.5) is 11.4 Å². The molecule has 9 heteroatoms. The van der Waals surface area contributed by atoms with E-state index < -0.39 is 11.8 Å². The number of nitrogens with one attached hydrogen (secondary N) is 3. The highest BCUT2D eigenvalue weighted by atomic mass is 35.5. The quantitative estimate of drug-likeness (QED) is 0.258. The molecule has 0 radical (unpaired) electrons. The van der Waals surface area contributed by atoms with Crippen molar-refractivity contribution in [2.45, 2.75) is 20.8 Å². The molecule has 0 atom stereocenters. The van der Waals surface area contributed by atoms with Crippen molar-refractivity contribution in [2.75, 3.05) is 17.2 Å². The number of carbonyl (C=O) groups excluding carboxylic acids is 3. The van der Waals surface area contributed by atoms with E-state index in [1.807, 2.05) is 45.0 Å². The highest BCUT2D eigenvalue weighted by Gasteiger charge is 2.15. The van der Waals surface area contributed by atoms with Crippen LogP contribution in [0.5, 0.6) is 5.75 Å². The molecule has 0 fully saturated rings. The number of hydrogen-bond donors (Lipinski definition) is 3. The molecule has 0 aromatic heterocycles. The van der Waals surface area contributed by atoms with Gasteiger partial charge >= 0.3 is 11.8 Å². The molecular formula is C26H25ClN4O4. The second kappa shape index (κ2) is 11.8. The average Bonchev–Trinajstić information content (AvgIpc) is 2.83. The average molecular weight is 493 g/mol. The van der Waals surface area contributed by atoms with Crippen molar-refractivity contribution in [3.05, 3.63) is 87.9 Å². The van der Waals surface area contributed by atoms with Crippen LogP contribution >= 0.6 is 11.6 Å². The fourth-order valence-corrected chi connectivity index (χ4v) is 3.25. The zero-order valence-corrected chi connectivity index (χ0v) is 20.3. The monoisotopic (exact) mass is 492 g/mol. The van der Waals surface area contributed by atoms with Gasteiger partial charge in [0.1, 0.15) is 5.75 Å². The van der Waals surface area contributed by atoms with E-state index >= 15 is 0 Å². The number of hydrogen-bond acceptors (Lipinski definition) is 5. The molecule has 3 aromatic carbocycles. The summed E-state index contributed by atoms with van der Waals surface area (Å²) in [5, 5.41) is 9.70. The number of carbonyl (C=O) groups is 3. The van der Waals surface area contributed by atoms with Gasteiger partial charge in [0.2, 0.25) is 0 Å². The molecule has 0 aliphatic heterocycles. The summed E-state index contributed by atoms with van der Waals surface area (Å²) in [6, 6.07) is 17.5. The minimum absolute atomic E-state index is 0.176. The Labute approximate surface area is 208 Å². The summed E-state index contributed by atoms with van der Waals surface area (Å²) in [6.45, 7) is 5.39. The zero-order chi connectivity index (χ0) is 25.4. The normalized spacial score (nSPS) is 10.6. The number of para-hydroxylation sites is 1. The van der Waals surface area contributed by atoms with E-state index in [0.717, 1.165) is 16.7 Å². The van der Waals surface area contributed by atoms with E-state index in [0.29, 0.717) is 27.7 Å². The van der Waals surface area contributed by atoms with Crippen molar-refractivity contribution >= 4 is 46.9 Å². The first-order chi connectivity index (χ1) is 16.7. The second-order valence-corrected chi connectivity index (χ2v) is 8.20. The molecule has 180 valence electrons. The molecule has 3 amide bonds. The van der Waals surface area contributed by atoms with E-state index in [1.54, 1.807) is 36.4 Å². The Bertz CT molecular complexity index is 1250. The number of amides is 3. The van der Waals surface area contributed by atoms with Crippen LogP contribution in [0.15, 0.2) is 65.8 Å². The molecule has 0 aliphatic rings. The Balaban J connectivity index is 1.45. The second-order valence-electron chi connectivity index (χ2n) is 7.79. The molecule has 0 bridgehead atoms. The van der Waals surface area contributed by atoms with Crippen LogP contribution in [0, 0.1) is 20.8 Å². The summed E-state index contributed by atoms with van der Waals surface area (Å²) in [4.78, 5) is 36.2. The lowest BCUT2D eigenvalue weighted by Crippen LogP contribution is -2.32. The smallest absolute Gasteiger partial charge is 0.329 e. The zero-order valence-electron chi connectivity index (χ0n) is 19.5. The van der Waals surface area contributed by atoms with Crippen LogP contribution < -0.4 is 20.8 Å². The minimum Gasteiger partial charge on any atom is -0.484 e. The van der Waals surface area contributed by atoms with Gasteiger partial charge in [-0.2, -0.15) is 5.10 Å². The molecule has 3 N–H and O–H groups in total. The first-order valence-electron chi connectivity index (χ1n) is 10.7. The van der Waals surface area contributed by atoms with Crippen LogP contribution in [-0.4, -0.2) is 30.5 Å². The Morgan fingerprint density at radius 2 is 1.57 bits per heavy atom. The number of hydrazone groups is 1. The molecule has 0 unspecified atom stereocenters. The van der Waals surface area contributed by atoms with Gasteiger partial charge in [0.05, 0.1) is 6.21 Å². The molecule has 3 aromatic rings. The number of nitrogens with zero attached hydrogens (tertiary/aromatic N) is 1. The number of rotatable bonds is 7. The number of aryl methyl sites for hydroxylation is 3. The SMILES string of the molecule is Cc1ccc(NC(=O)COc2ccc(/C=N\NC(=O)C(=O)Nc3c(C)cccc3C)cc2)cc1Cl. The number of anilines is 2. The van der Waals surface area contributed by atoms with Crippen molar-refractivity contribution in [1.29, 1.82) is 0 Å². The lowest BCUT2D eigenvalue weighted by Gasteiger charge is -2.10. The lowest BCUT2D eigenvalue weighted by molar-refractivity contribution is -0.136. The number of ether oxygens (including phenoxy) is 1. The summed E-state index contributed by atoms with van der Waals surface area (Å²) < 4.78 is 5.49. The van der Waals surface area contributed by atoms with E-state index in [2.05, 4.69) is 21.2 Å². The third-order valence-electron chi connectivity index (χ3n) is 5.01. The molecule has 0 spiro atoms. The minimum atomic E-state index is -0.885. The summed E-state index contributed by atoms with van der Waals surface area (Å²) in [5.41, 5.74) is 6.68. The van der Waals surface area contributed by atoms with E-state index in [-0.39, 0.29) is 12.5 Å². The van der Waals surface area contributed by atoms with Crippen molar-refractivity contribution in [1.82, 2.24) is 5.43 Å².